The van der Waals surface area contributed by atoms with E-state index >= 15 is 0 Å². The summed E-state index contributed by atoms with van der Waals surface area (Å²) in [4.78, 5) is 39.4. The van der Waals surface area contributed by atoms with E-state index in [4.69, 9.17) is 21.1 Å². The minimum atomic E-state index is -0.526. The summed E-state index contributed by atoms with van der Waals surface area (Å²) < 4.78 is 24.6. The van der Waals surface area contributed by atoms with E-state index in [1.54, 1.807) is 29.6 Å². The molecule has 0 bridgehead atoms. The van der Waals surface area contributed by atoms with Gasteiger partial charge in [0.15, 0.2) is 11.5 Å². The van der Waals surface area contributed by atoms with Crippen LogP contribution in [-0.2, 0) is 11.3 Å². The molecular formula is C23H14BrClFNO5S2. The highest BCUT2D eigenvalue weighted by atomic mass is 79.9. The van der Waals surface area contributed by atoms with E-state index in [1.807, 2.05) is 0 Å². The number of thioether (sulfide) groups is 1. The molecule has 1 fully saturated rings. The van der Waals surface area contributed by atoms with Crippen LogP contribution in [0.3, 0.4) is 0 Å². The van der Waals surface area contributed by atoms with Crippen LogP contribution in [-0.4, -0.2) is 29.1 Å². The van der Waals surface area contributed by atoms with Crippen LogP contribution in [0.15, 0.2) is 57.2 Å². The van der Waals surface area contributed by atoms with Crippen LogP contribution in [0.1, 0.15) is 20.8 Å². The van der Waals surface area contributed by atoms with Crippen LogP contribution in [0.4, 0.5) is 9.18 Å². The summed E-state index contributed by atoms with van der Waals surface area (Å²) in [6.07, 6.45) is 1.54. The molecule has 11 heteroatoms. The van der Waals surface area contributed by atoms with Crippen molar-refractivity contribution in [3.05, 3.63) is 84.1 Å². The molecule has 4 rings (SSSR count). The summed E-state index contributed by atoms with van der Waals surface area (Å²) in [6.45, 7) is -0.0776. The molecule has 34 heavy (non-hydrogen) atoms. The van der Waals surface area contributed by atoms with Crippen LogP contribution in [0.2, 0.25) is 5.02 Å². The van der Waals surface area contributed by atoms with Crippen molar-refractivity contribution in [3.8, 4) is 11.5 Å². The standard InChI is InChI=1S/C23H14BrClFNO5S2/c1-31-17-8-12(7-15(24)20(17)32-22(29)18-3-2-6-33-18)9-19-21(28)27(23(30)34-19)11-13-4-5-14(26)10-16(13)25/h2-10H,11H2,1H3/b19-9-. The number of esters is 1. The summed E-state index contributed by atoms with van der Waals surface area (Å²) in [6, 6.07) is 10.4. The second-order valence-electron chi connectivity index (χ2n) is 6.90. The minimum Gasteiger partial charge on any atom is -0.493 e. The van der Waals surface area contributed by atoms with Gasteiger partial charge in [0, 0.05) is 5.02 Å². The molecule has 0 unspecified atom stereocenters. The number of carbonyl (C=O) groups excluding carboxylic acids is 3. The topological polar surface area (TPSA) is 72.9 Å². The fraction of sp³-hybridized carbons (Fsp3) is 0.0870. The summed E-state index contributed by atoms with van der Waals surface area (Å²) in [7, 11) is 1.42. The van der Waals surface area contributed by atoms with E-state index in [9.17, 15) is 18.8 Å². The molecule has 0 N–H and O–H groups in total. The van der Waals surface area contributed by atoms with Crippen molar-refractivity contribution in [1.29, 1.82) is 0 Å². The molecule has 1 aliphatic heterocycles. The Morgan fingerprint density at radius 3 is 2.71 bits per heavy atom. The number of amides is 2. The molecule has 2 heterocycles. The molecule has 1 aromatic heterocycles. The van der Waals surface area contributed by atoms with Gasteiger partial charge in [-0.05, 0) is 80.6 Å². The number of imide groups is 1. The lowest BCUT2D eigenvalue weighted by atomic mass is 10.1. The zero-order valence-corrected chi connectivity index (χ0v) is 21.3. The molecule has 3 aromatic rings. The van der Waals surface area contributed by atoms with Gasteiger partial charge in [0.05, 0.1) is 23.0 Å². The number of ether oxygens (including phenoxy) is 2. The molecule has 6 nitrogen and oxygen atoms in total. The average molecular weight is 583 g/mol. The lowest BCUT2D eigenvalue weighted by molar-refractivity contribution is -0.123. The molecule has 0 spiro atoms. The zero-order valence-electron chi connectivity index (χ0n) is 17.3. The zero-order chi connectivity index (χ0) is 24.4. The third-order valence-electron chi connectivity index (χ3n) is 4.68. The highest BCUT2D eigenvalue weighted by Gasteiger charge is 2.35. The van der Waals surface area contributed by atoms with Gasteiger partial charge in [-0.3, -0.25) is 14.5 Å². The van der Waals surface area contributed by atoms with E-state index in [1.165, 1.54) is 36.7 Å². The van der Waals surface area contributed by atoms with E-state index in [0.29, 0.717) is 20.5 Å². The van der Waals surface area contributed by atoms with Gasteiger partial charge < -0.3 is 9.47 Å². The van der Waals surface area contributed by atoms with Gasteiger partial charge in [0.2, 0.25) is 0 Å². The maximum absolute atomic E-state index is 13.3. The Morgan fingerprint density at radius 1 is 1.24 bits per heavy atom. The van der Waals surface area contributed by atoms with Crippen molar-refractivity contribution < 1.29 is 28.2 Å². The number of benzene rings is 2. The first-order valence-corrected chi connectivity index (χ1v) is 12.5. The fourth-order valence-electron chi connectivity index (χ4n) is 3.07. The maximum atomic E-state index is 13.3. The first-order chi connectivity index (χ1) is 16.3. The molecule has 0 saturated carbocycles. The van der Waals surface area contributed by atoms with Crippen LogP contribution < -0.4 is 9.47 Å². The molecule has 0 atom stereocenters. The quantitative estimate of drug-likeness (QED) is 0.182. The Morgan fingerprint density at radius 2 is 2.03 bits per heavy atom. The van der Waals surface area contributed by atoms with Crippen molar-refractivity contribution in [2.45, 2.75) is 6.54 Å². The van der Waals surface area contributed by atoms with Gasteiger partial charge >= 0.3 is 5.97 Å². The SMILES string of the molecule is COc1cc(/C=C2\SC(=O)N(Cc3ccc(F)cc3Cl)C2=O)cc(Br)c1OC(=O)c1cccs1. The number of halogens is 3. The second-order valence-corrected chi connectivity index (χ2v) is 10.1. The first-order valence-electron chi connectivity index (χ1n) is 9.59. The van der Waals surface area contributed by atoms with E-state index in [-0.39, 0.29) is 28.0 Å². The number of thiophene rings is 1. The van der Waals surface area contributed by atoms with Crippen molar-refractivity contribution in [3.63, 3.8) is 0 Å². The number of methoxy groups -OCH3 is 1. The third-order valence-corrected chi connectivity index (χ3v) is 7.38. The van der Waals surface area contributed by atoms with Gasteiger partial charge in [0.25, 0.3) is 11.1 Å². The Bertz CT molecular complexity index is 1330. The van der Waals surface area contributed by atoms with Crippen molar-refractivity contribution >= 4 is 73.8 Å². The summed E-state index contributed by atoms with van der Waals surface area (Å²) in [5, 5.41) is 1.43. The van der Waals surface area contributed by atoms with Crippen LogP contribution in [0, 0.1) is 5.82 Å². The molecule has 1 aliphatic rings. The summed E-state index contributed by atoms with van der Waals surface area (Å²) in [5.74, 6) is -1.08. The molecule has 1 saturated heterocycles. The summed E-state index contributed by atoms with van der Waals surface area (Å²) in [5.41, 5.74) is 0.998. The second kappa shape index (κ2) is 10.3. The van der Waals surface area contributed by atoms with E-state index in [0.717, 1.165) is 22.7 Å². The molecule has 0 radical (unpaired) electrons. The highest BCUT2D eigenvalue weighted by molar-refractivity contribution is 9.10. The van der Waals surface area contributed by atoms with Crippen LogP contribution >= 0.6 is 50.6 Å². The van der Waals surface area contributed by atoms with Crippen LogP contribution in [0.25, 0.3) is 6.08 Å². The predicted molar refractivity (Wildman–Crippen MR) is 133 cm³/mol. The number of carbonyl (C=O) groups is 3. The molecule has 0 aliphatic carbocycles. The monoisotopic (exact) mass is 581 g/mol. The van der Waals surface area contributed by atoms with Gasteiger partial charge in [-0.1, -0.05) is 23.7 Å². The van der Waals surface area contributed by atoms with E-state index < -0.39 is 22.9 Å². The van der Waals surface area contributed by atoms with Gasteiger partial charge in [0.1, 0.15) is 10.7 Å². The molecule has 2 amide bonds. The Labute approximate surface area is 215 Å². The lowest BCUT2D eigenvalue weighted by Crippen LogP contribution is -2.27. The van der Waals surface area contributed by atoms with Crippen molar-refractivity contribution in [1.82, 2.24) is 4.90 Å². The molecular weight excluding hydrogens is 569 g/mol. The van der Waals surface area contributed by atoms with E-state index in [2.05, 4.69) is 15.9 Å². The predicted octanol–water partition coefficient (Wildman–Crippen LogP) is 6.77. The molecule has 2 aromatic carbocycles. The van der Waals surface area contributed by atoms with Gasteiger partial charge in [-0.15, -0.1) is 11.3 Å². The number of nitrogens with zero attached hydrogens (tertiary/aromatic N) is 1. The van der Waals surface area contributed by atoms with Crippen molar-refractivity contribution in [2.24, 2.45) is 0 Å². The Balaban J connectivity index is 1.57. The Hall–Kier alpha value is -2.66. The summed E-state index contributed by atoms with van der Waals surface area (Å²) >= 11 is 11.4. The minimum absolute atomic E-state index is 0.0776. The van der Waals surface area contributed by atoms with Crippen molar-refractivity contribution in [2.75, 3.05) is 7.11 Å². The lowest BCUT2D eigenvalue weighted by Gasteiger charge is -2.13. The first kappa shape index (κ1) is 24.5. The third kappa shape index (κ3) is 5.20. The number of hydrogen-bond donors (Lipinski definition) is 0. The normalized spacial score (nSPS) is 14.7. The largest absolute Gasteiger partial charge is 0.493 e. The van der Waals surface area contributed by atoms with Gasteiger partial charge in [-0.25, -0.2) is 9.18 Å². The molecule has 174 valence electrons. The maximum Gasteiger partial charge on any atom is 0.353 e. The Kier molecular flexibility index (Phi) is 7.42. The van der Waals surface area contributed by atoms with Gasteiger partial charge in [-0.2, -0.15) is 0 Å². The average Bonchev–Trinajstić information content (AvgIpc) is 3.42. The number of hydrogen-bond acceptors (Lipinski definition) is 7. The smallest absolute Gasteiger partial charge is 0.353 e. The highest BCUT2D eigenvalue weighted by Crippen LogP contribution is 2.40. The van der Waals surface area contributed by atoms with Crippen LogP contribution in [0.5, 0.6) is 11.5 Å². The fourth-order valence-corrected chi connectivity index (χ4v) is 5.27. The number of rotatable bonds is 6.